The molecule has 0 aliphatic carbocycles. The standard InChI is InChI=1S/C12H18N4O/c1-10-7-11(15-9-14-10)13-8-12(17)16-5-3-2-4-6-16/h7,9H,2-6,8H2,1H3,(H,13,14,15). The maximum Gasteiger partial charge on any atom is 0.241 e. The molecule has 1 aromatic heterocycles. The van der Waals surface area contributed by atoms with E-state index in [1.807, 2.05) is 17.9 Å². The fraction of sp³-hybridized carbons (Fsp3) is 0.583. The highest BCUT2D eigenvalue weighted by molar-refractivity contribution is 5.80. The summed E-state index contributed by atoms with van der Waals surface area (Å²) >= 11 is 0. The minimum Gasteiger partial charge on any atom is -0.361 e. The van der Waals surface area contributed by atoms with Gasteiger partial charge in [0, 0.05) is 24.8 Å². The van der Waals surface area contributed by atoms with Crippen LogP contribution in [0.2, 0.25) is 0 Å². The van der Waals surface area contributed by atoms with Crippen molar-refractivity contribution in [3.63, 3.8) is 0 Å². The van der Waals surface area contributed by atoms with Gasteiger partial charge in [0.1, 0.15) is 12.1 Å². The number of nitrogens with one attached hydrogen (secondary N) is 1. The zero-order valence-corrected chi connectivity index (χ0v) is 10.1. The fourth-order valence-corrected chi connectivity index (χ4v) is 1.97. The van der Waals surface area contributed by atoms with E-state index in [0.717, 1.165) is 31.6 Å². The van der Waals surface area contributed by atoms with Gasteiger partial charge in [-0.1, -0.05) is 0 Å². The van der Waals surface area contributed by atoms with E-state index in [9.17, 15) is 4.79 Å². The summed E-state index contributed by atoms with van der Waals surface area (Å²) < 4.78 is 0. The van der Waals surface area contributed by atoms with Gasteiger partial charge in [0.15, 0.2) is 0 Å². The lowest BCUT2D eigenvalue weighted by molar-refractivity contribution is -0.130. The number of amides is 1. The minimum absolute atomic E-state index is 0.154. The predicted octanol–water partition coefficient (Wildman–Crippen LogP) is 1.21. The highest BCUT2D eigenvalue weighted by Gasteiger charge is 2.15. The average molecular weight is 234 g/mol. The fourth-order valence-electron chi connectivity index (χ4n) is 1.97. The molecule has 1 aliphatic rings. The highest BCUT2D eigenvalue weighted by Crippen LogP contribution is 2.09. The molecule has 0 saturated carbocycles. The van der Waals surface area contributed by atoms with Crippen LogP contribution in [0.1, 0.15) is 25.0 Å². The van der Waals surface area contributed by atoms with Crippen molar-refractivity contribution in [1.29, 1.82) is 0 Å². The van der Waals surface area contributed by atoms with Gasteiger partial charge in [-0.05, 0) is 26.2 Å². The number of piperidine rings is 1. The van der Waals surface area contributed by atoms with Crippen molar-refractivity contribution in [3.05, 3.63) is 18.1 Å². The number of aromatic nitrogens is 2. The molecule has 17 heavy (non-hydrogen) atoms. The first-order valence-electron chi connectivity index (χ1n) is 6.06. The van der Waals surface area contributed by atoms with Crippen LogP contribution in [0.3, 0.4) is 0 Å². The highest BCUT2D eigenvalue weighted by atomic mass is 16.2. The van der Waals surface area contributed by atoms with Crippen molar-refractivity contribution >= 4 is 11.7 Å². The van der Waals surface area contributed by atoms with Gasteiger partial charge in [-0.2, -0.15) is 0 Å². The second kappa shape index (κ2) is 5.61. The first-order chi connectivity index (χ1) is 8.25. The Labute approximate surface area is 101 Å². The van der Waals surface area contributed by atoms with Gasteiger partial charge in [-0.15, -0.1) is 0 Å². The molecule has 5 heteroatoms. The molecule has 2 heterocycles. The molecular formula is C12H18N4O. The van der Waals surface area contributed by atoms with Gasteiger partial charge < -0.3 is 10.2 Å². The smallest absolute Gasteiger partial charge is 0.241 e. The number of hydrogen-bond acceptors (Lipinski definition) is 4. The van der Waals surface area contributed by atoms with Crippen molar-refractivity contribution in [3.8, 4) is 0 Å². The maximum atomic E-state index is 11.9. The predicted molar refractivity (Wildman–Crippen MR) is 65.7 cm³/mol. The molecule has 0 unspecified atom stereocenters. The second-order valence-corrected chi connectivity index (χ2v) is 4.34. The molecule has 0 atom stereocenters. The zero-order chi connectivity index (χ0) is 12.1. The lowest BCUT2D eigenvalue weighted by Gasteiger charge is -2.26. The molecule has 1 amide bonds. The summed E-state index contributed by atoms with van der Waals surface area (Å²) in [6, 6.07) is 1.84. The molecule has 0 spiro atoms. The number of anilines is 1. The molecule has 1 N–H and O–H groups in total. The first kappa shape index (κ1) is 11.8. The Bertz CT molecular complexity index is 388. The van der Waals surface area contributed by atoms with Crippen LogP contribution < -0.4 is 5.32 Å². The van der Waals surface area contributed by atoms with E-state index in [1.54, 1.807) is 0 Å². The molecule has 1 fully saturated rings. The Hall–Kier alpha value is -1.65. The number of rotatable bonds is 3. The Morgan fingerprint density at radius 1 is 1.35 bits per heavy atom. The van der Waals surface area contributed by atoms with Gasteiger partial charge in [0.05, 0.1) is 6.54 Å². The van der Waals surface area contributed by atoms with Crippen molar-refractivity contribution in [2.45, 2.75) is 26.2 Å². The summed E-state index contributed by atoms with van der Waals surface area (Å²) in [5.74, 6) is 0.865. The largest absolute Gasteiger partial charge is 0.361 e. The van der Waals surface area contributed by atoms with E-state index in [1.165, 1.54) is 12.7 Å². The molecule has 1 aromatic rings. The third-order valence-corrected chi connectivity index (χ3v) is 2.93. The van der Waals surface area contributed by atoms with Crippen molar-refractivity contribution in [1.82, 2.24) is 14.9 Å². The van der Waals surface area contributed by atoms with E-state index >= 15 is 0 Å². The molecule has 2 rings (SSSR count). The number of nitrogens with zero attached hydrogens (tertiary/aromatic N) is 3. The van der Waals surface area contributed by atoms with Gasteiger partial charge >= 0.3 is 0 Å². The van der Waals surface area contributed by atoms with Crippen LogP contribution in [-0.2, 0) is 4.79 Å². The van der Waals surface area contributed by atoms with E-state index in [2.05, 4.69) is 15.3 Å². The molecule has 1 aliphatic heterocycles. The van der Waals surface area contributed by atoms with E-state index < -0.39 is 0 Å². The van der Waals surface area contributed by atoms with Gasteiger partial charge in [0.2, 0.25) is 5.91 Å². The van der Waals surface area contributed by atoms with E-state index in [4.69, 9.17) is 0 Å². The summed E-state index contributed by atoms with van der Waals surface area (Å²) in [6.07, 6.45) is 4.99. The number of likely N-dealkylation sites (tertiary alicyclic amines) is 1. The van der Waals surface area contributed by atoms with Gasteiger partial charge in [-0.3, -0.25) is 4.79 Å². The van der Waals surface area contributed by atoms with Crippen LogP contribution in [0.15, 0.2) is 12.4 Å². The molecule has 5 nitrogen and oxygen atoms in total. The molecule has 0 aromatic carbocycles. The molecular weight excluding hydrogens is 216 g/mol. The van der Waals surface area contributed by atoms with Crippen molar-refractivity contribution < 1.29 is 4.79 Å². The minimum atomic E-state index is 0.154. The van der Waals surface area contributed by atoms with Crippen LogP contribution in [0.4, 0.5) is 5.82 Å². The maximum absolute atomic E-state index is 11.9. The number of carbonyl (C=O) groups is 1. The van der Waals surface area contributed by atoms with Crippen molar-refractivity contribution in [2.24, 2.45) is 0 Å². The van der Waals surface area contributed by atoms with E-state index in [-0.39, 0.29) is 5.91 Å². The Balaban J connectivity index is 1.83. The topological polar surface area (TPSA) is 58.1 Å². The Morgan fingerprint density at radius 3 is 2.82 bits per heavy atom. The molecule has 1 saturated heterocycles. The number of aryl methyl sites for hydroxylation is 1. The van der Waals surface area contributed by atoms with Crippen LogP contribution in [0, 0.1) is 6.92 Å². The lowest BCUT2D eigenvalue weighted by Crippen LogP contribution is -2.39. The third kappa shape index (κ3) is 3.41. The Morgan fingerprint density at radius 2 is 2.12 bits per heavy atom. The van der Waals surface area contributed by atoms with Crippen LogP contribution in [0.25, 0.3) is 0 Å². The Kier molecular flexibility index (Phi) is 3.90. The van der Waals surface area contributed by atoms with E-state index in [0.29, 0.717) is 12.4 Å². The number of carbonyl (C=O) groups excluding carboxylic acids is 1. The first-order valence-corrected chi connectivity index (χ1v) is 6.06. The quantitative estimate of drug-likeness (QED) is 0.854. The lowest BCUT2D eigenvalue weighted by atomic mass is 10.1. The van der Waals surface area contributed by atoms with Crippen LogP contribution >= 0.6 is 0 Å². The zero-order valence-electron chi connectivity index (χ0n) is 10.1. The summed E-state index contributed by atoms with van der Waals surface area (Å²) in [6.45, 7) is 4.00. The molecule has 0 radical (unpaired) electrons. The van der Waals surface area contributed by atoms with Crippen LogP contribution in [-0.4, -0.2) is 40.4 Å². The summed E-state index contributed by atoms with van der Waals surface area (Å²) in [7, 11) is 0. The van der Waals surface area contributed by atoms with Gasteiger partial charge in [0.25, 0.3) is 0 Å². The average Bonchev–Trinajstić information content (AvgIpc) is 2.37. The van der Waals surface area contributed by atoms with Crippen LogP contribution in [0.5, 0.6) is 0 Å². The molecule has 0 bridgehead atoms. The third-order valence-electron chi connectivity index (χ3n) is 2.93. The summed E-state index contributed by atoms with van der Waals surface area (Å²) in [5, 5.41) is 3.04. The second-order valence-electron chi connectivity index (χ2n) is 4.34. The summed E-state index contributed by atoms with van der Waals surface area (Å²) in [4.78, 5) is 21.9. The molecule has 92 valence electrons. The normalized spacial score (nSPS) is 15.7. The monoisotopic (exact) mass is 234 g/mol. The van der Waals surface area contributed by atoms with Gasteiger partial charge in [-0.25, -0.2) is 9.97 Å². The number of hydrogen-bond donors (Lipinski definition) is 1. The SMILES string of the molecule is Cc1cc(NCC(=O)N2CCCCC2)ncn1. The van der Waals surface area contributed by atoms with Crippen molar-refractivity contribution in [2.75, 3.05) is 25.0 Å². The summed E-state index contributed by atoms with van der Waals surface area (Å²) in [5.41, 5.74) is 0.896.